The Hall–Kier alpha value is -3.98. The lowest BCUT2D eigenvalue weighted by atomic mass is 10.0. The minimum absolute atomic E-state index is 0.182. The fourth-order valence-electron chi connectivity index (χ4n) is 4.71. The van der Waals surface area contributed by atoms with Crippen molar-refractivity contribution in [2.24, 2.45) is 0 Å². The topological polar surface area (TPSA) is 68.5 Å². The summed E-state index contributed by atoms with van der Waals surface area (Å²) in [4.78, 5) is 4.66. The van der Waals surface area contributed by atoms with E-state index in [0.717, 1.165) is 48.8 Å². The molecule has 9 heteroatoms. The van der Waals surface area contributed by atoms with Crippen LogP contribution >= 0.6 is 0 Å². The van der Waals surface area contributed by atoms with Crippen LogP contribution in [0.4, 0.5) is 10.1 Å². The minimum Gasteiger partial charge on any atom is -0.493 e. The predicted octanol–water partition coefficient (Wildman–Crippen LogP) is 3.79. The zero-order chi connectivity index (χ0) is 24.9. The van der Waals surface area contributed by atoms with E-state index < -0.39 is 0 Å². The van der Waals surface area contributed by atoms with Gasteiger partial charge in [0.25, 0.3) is 0 Å². The van der Waals surface area contributed by atoms with Gasteiger partial charge >= 0.3 is 0 Å². The zero-order valence-electron chi connectivity index (χ0n) is 20.4. The van der Waals surface area contributed by atoms with E-state index in [2.05, 4.69) is 37.5 Å². The molecule has 0 saturated carbocycles. The van der Waals surface area contributed by atoms with E-state index in [-0.39, 0.29) is 11.9 Å². The van der Waals surface area contributed by atoms with Gasteiger partial charge < -0.3 is 14.4 Å². The fraction of sp³-hybridized carbons (Fsp3) is 0.296. The number of methoxy groups -OCH3 is 2. The summed E-state index contributed by atoms with van der Waals surface area (Å²) >= 11 is 0. The highest BCUT2D eigenvalue weighted by molar-refractivity contribution is 5.47. The van der Waals surface area contributed by atoms with E-state index in [9.17, 15) is 4.39 Å². The first-order valence-electron chi connectivity index (χ1n) is 11.9. The molecule has 0 bridgehead atoms. The van der Waals surface area contributed by atoms with Crippen molar-refractivity contribution in [3.8, 4) is 11.5 Å². The largest absolute Gasteiger partial charge is 0.493 e. The first-order valence-corrected chi connectivity index (χ1v) is 11.9. The number of benzene rings is 3. The van der Waals surface area contributed by atoms with Gasteiger partial charge in [0.05, 0.1) is 26.8 Å². The molecule has 1 atom stereocenters. The molecule has 1 saturated heterocycles. The molecule has 2 heterocycles. The molecular weight excluding hydrogens is 459 g/mol. The highest BCUT2D eigenvalue weighted by atomic mass is 19.1. The van der Waals surface area contributed by atoms with Crippen LogP contribution in [0, 0.1) is 5.82 Å². The second-order valence-corrected chi connectivity index (χ2v) is 8.70. The van der Waals surface area contributed by atoms with E-state index >= 15 is 0 Å². The summed E-state index contributed by atoms with van der Waals surface area (Å²) < 4.78 is 26.3. The van der Waals surface area contributed by atoms with E-state index in [1.807, 2.05) is 53.2 Å². The lowest BCUT2D eigenvalue weighted by Crippen LogP contribution is -2.48. The number of hydrogen-bond acceptors (Lipinski definition) is 7. The lowest BCUT2D eigenvalue weighted by molar-refractivity contribution is 0.201. The lowest BCUT2D eigenvalue weighted by Gasteiger charge is -2.40. The van der Waals surface area contributed by atoms with Gasteiger partial charge in [-0.25, -0.2) is 9.07 Å². The van der Waals surface area contributed by atoms with Gasteiger partial charge in [0.2, 0.25) is 0 Å². The summed E-state index contributed by atoms with van der Waals surface area (Å²) in [6, 6.07) is 22.6. The Morgan fingerprint density at radius 3 is 2.28 bits per heavy atom. The molecule has 0 aliphatic carbocycles. The number of halogens is 1. The first kappa shape index (κ1) is 23.7. The quantitative estimate of drug-likeness (QED) is 0.374. The van der Waals surface area contributed by atoms with Crippen molar-refractivity contribution in [3.63, 3.8) is 0 Å². The van der Waals surface area contributed by atoms with Crippen molar-refractivity contribution in [2.75, 3.05) is 45.3 Å². The van der Waals surface area contributed by atoms with Crippen molar-refractivity contribution in [3.05, 3.63) is 95.6 Å². The van der Waals surface area contributed by atoms with Crippen LogP contribution in [0.2, 0.25) is 0 Å². The third-order valence-electron chi connectivity index (χ3n) is 6.57. The van der Waals surface area contributed by atoms with Gasteiger partial charge in [-0.2, -0.15) is 0 Å². The minimum atomic E-state index is -0.226. The van der Waals surface area contributed by atoms with Gasteiger partial charge in [-0.05, 0) is 58.0 Å². The fourth-order valence-corrected chi connectivity index (χ4v) is 4.71. The van der Waals surface area contributed by atoms with E-state index in [0.29, 0.717) is 18.0 Å². The number of nitrogens with zero attached hydrogens (tertiary/aromatic N) is 6. The van der Waals surface area contributed by atoms with Gasteiger partial charge in [-0.15, -0.1) is 5.10 Å². The SMILES string of the molecule is COc1ccc([C@@H](c2nnnn2Cc2ccccc2)N2CCN(c3ccc(F)cc3)CC2)cc1OC. The van der Waals surface area contributed by atoms with Crippen molar-refractivity contribution in [2.45, 2.75) is 12.6 Å². The summed E-state index contributed by atoms with van der Waals surface area (Å²) in [6.45, 7) is 3.75. The maximum atomic E-state index is 13.4. The smallest absolute Gasteiger partial charge is 0.173 e. The van der Waals surface area contributed by atoms with Crippen LogP contribution in [-0.4, -0.2) is 65.5 Å². The Kier molecular flexibility index (Phi) is 7.08. The van der Waals surface area contributed by atoms with Gasteiger partial charge in [0.15, 0.2) is 17.3 Å². The molecule has 4 aromatic rings. The maximum Gasteiger partial charge on any atom is 0.173 e. The van der Waals surface area contributed by atoms with Crippen molar-refractivity contribution in [1.82, 2.24) is 25.1 Å². The zero-order valence-corrected chi connectivity index (χ0v) is 20.4. The molecule has 36 heavy (non-hydrogen) atoms. The summed E-state index contributed by atoms with van der Waals surface area (Å²) in [5.41, 5.74) is 3.16. The number of hydrogen-bond donors (Lipinski definition) is 0. The molecule has 1 fully saturated rings. The molecular formula is C27H29FN6O2. The molecule has 0 amide bonds. The number of piperazine rings is 1. The molecule has 186 valence electrons. The van der Waals surface area contributed by atoms with Crippen LogP contribution in [0.5, 0.6) is 11.5 Å². The molecule has 1 aliphatic heterocycles. The molecule has 1 aliphatic rings. The van der Waals surface area contributed by atoms with Gasteiger partial charge in [-0.1, -0.05) is 36.4 Å². The molecule has 0 unspecified atom stereocenters. The number of aromatic nitrogens is 4. The van der Waals surface area contributed by atoms with Gasteiger partial charge in [0.1, 0.15) is 5.82 Å². The maximum absolute atomic E-state index is 13.4. The summed E-state index contributed by atoms with van der Waals surface area (Å²) in [5.74, 6) is 1.87. The van der Waals surface area contributed by atoms with Crippen LogP contribution in [0.25, 0.3) is 0 Å². The third-order valence-corrected chi connectivity index (χ3v) is 6.57. The highest BCUT2D eigenvalue weighted by Crippen LogP contribution is 2.35. The molecule has 8 nitrogen and oxygen atoms in total. The Labute approximate surface area is 209 Å². The Balaban J connectivity index is 1.46. The number of ether oxygens (including phenoxy) is 2. The Morgan fingerprint density at radius 1 is 0.861 bits per heavy atom. The summed E-state index contributed by atoms with van der Waals surface area (Å²) in [6.07, 6.45) is 0. The average Bonchev–Trinajstić information content (AvgIpc) is 3.37. The molecule has 0 spiro atoms. The summed E-state index contributed by atoms with van der Waals surface area (Å²) in [7, 11) is 3.27. The summed E-state index contributed by atoms with van der Waals surface area (Å²) in [5, 5.41) is 12.8. The number of rotatable bonds is 8. The Bertz CT molecular complexity index is 1270. The molecule has 0 radical (unpaired) electrons. The number of tetrazole rings is 1. The standard InChI is InChI=1S/C27H29FN6O2/c1-35-24-13-8-21(18-25(24)36-2)26(27-29-30-31-34(27)19-20-6-4-3-5-7-20)33-16-14-32(15-17-33)23-11-9-22(28)10-12-23/h3-13,18,26H,14-17,19H2,1-2H3/t26-/m0/s1. The van der Waals surface area contributed by atoms with Crippen molar-refractivity contribution in [1.29, 1.82) is 0 Å². The predicted molar refractivity (Wildman–Crippen MR) is 135 cm³/mol. The van der Waals surface area contributed by atoms with Crippen molar-refractivity contribution < 1.29 is 13.9 Å². The third kappa shape index (κ3) is 5.01. The molecule has 0 N–H and O–H groups in total. The average molecular weight is 489 g/mol. The van der Waals surface area contributed by atoms with Crippen LogP contribution in [0.1, 0.15) is 23.0 Å². The van der Waals surface area contributed by atoms with Gasteiger partial charge in [-0.3, -0.25) is 4.90 Å². The van der Waals surface area contributed by atoms with E-state index in [4.69, 9.17) is 9.47 Å². The Morgan fingerprint density at radius 2 is 1.58 bits per heavy atom. The normalized spacial score (nSPS) is 15.0. The second kappa shape index (κ2) is 10.7. The van der Waals surface area contributed by atoms with Crippen LogP contribution in [0.15, 0.2) is 72.8 Å². The molecule has 5 rings (SSSR count). The monoisotopic (exact) mass is 488 g/mol. The van der Waals surface area contributed by atoms with E-state index in [1.54, 1.807) is 14.2 Å². The van der Waals surface area contributed by atoms with E-state index in [1.165, 1.54) is 12.1 Å². The highest BCUT2D eigenvalue weighted by Gasteiger charge is 2.31. The van der Waals surface area contributed by atoms with Gasteiger partial charge in [0, 0.05) is 31.9 Å². The van der Waals surface area contributed by atoms with Crippen molar-refractivity contribution >= 4 is 5.69 Å². The van der Waals surface area contributed by atoms with Crippen LogP contribution in [0.3, 0.4) is 0 Å². The second-order valence-electron chi connectivity index (χ2n) is 8.70. The number of anilines is 1. The first-order chi connectivity index (χ1) is 17.7. The molecule has 3 aromatic carbocycles. The molecule has 1 aromatic heterocycles. The van der Waals surface area contributed by atoms with Crippen LogP contribution < -0.4 is 14.4 Å². The van der Waals surface area contributed by atoms with Crippen LogP contribution in [-0.2, 0) is 6.54 Å².